The maximum atomic E-state index is 4.98. The second-order valence-electron chi connectivity index (χ2n) is 3.86. The molecule has 1 aliphatic carbocycles. The van der Waals surface area contributed by atoms with Crippen molar-refractivity contribution in [2.45, 2.75) is 31.6 Å². The summed E-state index contributed by atoms with van der Waals surface area (Å²) < 4.78 is 9.32. The fraction of sp³-hybridized carbons (Fsp3) is 0.800. The molecule has 1 N–H and O–H groups in total. The van der Waals surface area contributed by atoms with Gasteiger partial charge in [0.25, 0.3) is 0 Å². The average Bonchev–Trinajstić information content (AvgIpc) is 2.99. The molecule has 0 aliphatic heterocycles. The first-order valence-corrected chi connectivity index (χ1v) is 6.24. The van der Waals surface area contributed by atoms with E-state index in [-0.39, 0.29) is 0 Å². The number of rotatable bonds is 7. The number of hydrogen-bond acceptors (Lipinski definition) is 5. The highest BCUT2D eigenvalue weighted by atomic mass is 32.1. The summed E-state index contributed by atoms with van der Waals surface area (Å²) in [6, 6.07) is 0. The number of hydrogen-bond donors (Lipinski definition) is 1. The number of methoxy groups -OCH3 is 1. The Morgan fingerprint density at radius 2 is 2.33 bits per heavy atom. The summed E-state index contributed by atoms with van der Waals surface area (Å²) in [5.74, 6) is 1.70. The lowest BCUT2D eigenvalue weighted by Gasteiger charge is -2.00. The van der Waals surface area contributed by atoms with Crippen LogP contribution in [-0.2, 0) is 4.74 Å². The van der Waals surface area contributed by atoms with Crippen molar-refractivity contribution in [1.82, 2.24) is 9.36 Å². The second-order valence-corrected chi connectivity index (χ2v) is 4.61. The molecule has 0 unspecified atom stereocenters. The zero-order chi connectivity index (χ0) is 10.5. The Bertz CT molecular complexity index is 299. The van der Waals surface area contributed by atoms with Crippen LogP contribution in [0, 0.1) is 0 Å². The Hall–Kier alpha value is -0.680. The lowest BCUT2D eigenvalue weighted by Crippen LogP contribution is -2.02. The molecule has 0 aromatic carbocycles. The number of aromatic nitrogens is 2. The molecule has 0 spiro atoms. The predicted molar refractivity (Wildman–Crippen MR) is 61.5 cm³/mol. The fourth-order valence-corrected chi connectivity index (χ4v) is 2.05. The van der Waals surface area contributed by atoms with Crippen molar-refractivity contribution >= 4 is 16.7 Å². The van der Waals surface area contributed by atoms with Gasteiger partial charge in [-0.3, -0.25) is 0 Å². The highest BCUT2D eigenvalue weighted by Crippen LogP contribution is 2.39. The van der Waals surface area contributed by atoms with Gasteiger partial charge in [0.2, 0.25) is 5.13 Å². The van der Waals surface area contributed by atoms with Gasteiger partial charge in [-0.15, -0.1) is 0 Å². The molecule has 0 atom stereocenters. The van der Waals surface area contributed by atoms with E-state index in [1.807, 2.05) is 0 Å². The van der Waals surface area contributed by atoms with E-state index in [4.69, 9.17) is 4.74 Å². The molecule has 2 rings (SSSR count). The van der Waals surface area contributed by atoms with Gasteiger partial charge in [-0.05, 0) is 25.7 Å². The summed E-state index contributed by atoms with van der Waals surface area (Å²) >= 11 is 1.48. The molecule has 0 bridgehead atoms. The minimum atomic E-state index is 0.658. The van der Waals surface area contributed by atoms with Crippen LogP contribution in [0.5, 0.6) is 0 Å². The summed E-state index contributed by atoms with van der Waals surface area (Å²) in [6.45, 7) is 1.80. The molecular formula is C10H17N3OS. The average molecular weight is 227 g/mol. The first-order chi connectivity index (χ1) is 7.40. The second kappa shape index (κ2) is 5.42. The quantitative estimate of drug-likeness (QED) is 0.726. The predicted octanol–water partition coefficient (Wildman–Crippen LogP) is 2.25. The van der Waals surface area contributed by atoms with Gasteiger partial charge in [0, 0.05) is 37.7 Å². The number of unbranched alkanes of at least 4 members (excludes halogenated alkanes) is 1. The van der Waals surface area contributed by atoms with E-state index in [9.17, 15) is 0 Å². The first kappa shape index (κ1) is 10.8. The third-order valence-electron chi connectivity index (χ3n) is 2.44. The van der Waals surface area contributed by atoms with Crippen molar-refractivity contribution in [3.63, 3.8) is 0 Å². The number of nitrogens with one attached hydrogen (secondary N) is 1. The Morgan fingerprint density at radius 1 is 1.47 bits per heavy atom. The molecule has 1 aromatic heterocycles. The van der Waals surface area contributed by atoms with E-state index < -0.39 is 0 Å². The van der Waals surface area contributed by atoms with Crippen molar-refractivity contribution in [2.75, 3.05) is 25.6 Å². The fourth-order valence-electron chi connectivity index (χ4n) is 1.38. The highest BCUT2D eigenvalue weighted by Gasteiger charge is 2.27. The van der Waals surface area contributed by atoms with E-state index in [0.717, 1.165) is 36.9 Å². The Labute approximate surface area is 94.2 Å². The van der Waals surface area contributed by atoms with Crippen LogP contribution < -0.4 is 5.32 Å². The maximum Gasteiger partial charge on any atom is 0.202 e. The molecule has 15 heavy (non-hydrogen) atoms. The molecule has 0 saturated heterocycles. The van der Waals surface area contributed by atoms with E-state index in [1.54, 1.807) is 7.11 Å². The van der Waals surface area contributed by atoms with Crippen LogP contribution in [0.1, 0.15) is 37.4 Å². The van der Waals surface area contributed by atoms with Gasteiger partial charge in [0.05, 0.1) is 0 Å². The normalized spacial score (nSPS) is 15.5. The van der Waals surface area contributed by atoms with E-state index >= 15 is 0 Å². The summed E-state index contributed by atoms with van der Waals surface area (Å²) in [6.07, 6.45) is 4.75. The zero-order valence-corrected chi connectivity index (χ0v) is 9.85. The molecule has 1 saturated carbocycles. The summed E-state index contributed by atoms with van der Waals surface area (Å²) in [5, 5.41) is 4.26. The lowest BCUT2D eigenvalue weighted by atomic mass is 10.3. The standard InChI is InChI=1S/C10H17N3OS/c1-14-7-3-2-6-11-10-12-9(13-15-10)8-4-5-8/h8H,2-7H2,1H3,(H,11,12,13). The van der Waals surface area contributed by atoms with Crippen LogP contribution in [0.15, 0.2) is 0 Å². The largest absolute Gasteiger partial charge is 0.385 e. The van der Waals surface area contributed by atoms with Gasteiger partial charge in [0.15, 0.2) is 0 Å². The first-order valence-electron chi connectivity index (χ1n) is 5.46. The monoisotopic (exact) mass is 227 g/mol. The van der Waals surface area contributed by atoms with Crippen LogP contribution in [0.25, 0.3) is 0 Å². The minimum absolute atomic E-state index is 0.658. The molecule has 1 heterocycles. The van der Waals surface area contributed by atoms with Crippen molar-refractivity contribution in [1.29, 1.82) is 0 Å². The van der Waals surface area contributed by atoms with Crippen LogP contribution in [-0.4, -0.2) is 29.6 Å². The number of nitrogens with zero attached hydrogens (tertiary/aromatic N) is 2. The third kappa shape index (κ3) is 3.43. The number of anilines is 1. The molecule has 1 aromatic rings. The Kier molecular flexibility index (Phi) is 3.91. The van der Waals surface area contributed by atoms with E-state index in [1.165, 1.54) is 24.4 Å². The van der Waals surface area contributed by atoms with Crippen molar-refractivity contribution in [3.05, 3.63) is 5.82 Å². The summed E-state index contributed by atoms with van der Waals surface area (Å²) in [4.78, 5) is 4.46. The molecule has 5 heteroatoms. The van der Waals surface area contributed by atoms with Crippen molar-refractivity contribution < 1.29 is 4.74 Å². The molecule has 84 valence electrons. The van der Waals surface area contributed by atoms with Crippen LogP contribution in [0.3, 0.4) is 0 Å². The van der Waals surface area contributed by atoms with Gasteiger partial charge in [-0.25, -0.2) is 4.98 Å². The van der Waals surface area contributed by atoms with Gasteiger partial charge in [0.1, 0.15) is 5.82 Å². The van der Waals surface area contributed by atoms with E-state index in [0.29, 0.717) is 5.92 Å². The molecule has 4 nitrogen and oxygen atoms in total. The van der Waals surface area contributed by atoms with Crippen molar-refractivity contribution in [3.8, 4) is 0 Å². The molecule has 0 amide bonds. The topological polar surface area (TPSA) is 47.0 Å². The molecule has 1 fully saturated rings. The Balaban J connectivity index is 1.64. The Morgan fingerprint density at radius 3 is 3.07 bits per heavy atom. The SMILES string of the molecule is COCCCCNc1nc(C2CC2)ns1. The number of ether oxygens (including phenoxy) is 1. The summed E-state index contributed by atoms with van der Waals surface area (Å²) in [7, 11) is 1.74. The smallest absolute Gasteiger partial charge is 0.202 e. The molecule has 0 radical (unpaired) electrons. The van der Waals surface area contributed by atoms with Crippen molar-refractivity contribution in [2.24, 2.45) is 0 Å². The van der Waals surface area contributed by atoms with Gasteiger partial charge >= 0.3 is 0 Å². The van der Waals surface area contributed by atoms with Gasteiger partial charge < -0.3 is 10.1 Å². The zero-order valence-electron chi connectivity index (χ0n) is 9.03. The van der Waals surface area contributed by atoms with E-state index in [2.05, 4.69) is 14.7 Å². The van der Waals surface area contributed by atoms with Gasteiger partial charge in [-0.2, -0.15) is 4.37 Å². The molecular weight excluding hydrogens is 210 g/mol. The highest BCUT2D eigenvalue weighted by molar-refractivity contribution is 7.09. The van der Waals surface area contributed by atoms with Gasteiger partial charge in [-0.1, -0.05) is 0 Å². The molecule has 1 aliphatic rings. The summed E-state index contributed by atoms with van der Waals surface area (Å²) in [5.41, 5.74) is 0. The minimum Gasteiger partial charge on any atom is -0.385 e. The van der Waals surface area contributed by atoms with Crippen LogP contribution >= 0.6 is 11.5 Å². The van der Waals surface area contributed by atoms with Crippen LogP contribution in [0.4, 0.5) is 5.13 Å². The maximum absolute atomic E-state index is 4.98. The lowest BCUT2D eigenvalue weighted by molar-refractivity contribution is 0.194. The third-order valence-corrected chi connectivity index (χ3v) is 3.12. The van der Waals surface area contributed by atoms with Crippen LogP contribution in [0.2, 0.25) is 0 Å².